The fraction of sp³-hybridized carbons (Fsp3) is 0.571. The molecule has 5 heteroatoms. The van der Waals surface area contributed by atoms with Crippen LogP contribution in [0.1, 0.15) is 45.6 Å². The van der Waals surface area contributed by atoms with Gasteiger partial charge in [0.15, 0.2) is 0 Å². The molecule has 0 radical (unpaired) electrons. The Hall–Kier alpha value is -2.17. The van der Waals surface area contributed by atoms with Crippen LogP contribution < -0.4 is 5.32 Å². The van der Waals surface area contributed by atoms with Crippen LogP contribution in [0.4, 0.5) is 0 Å². The third-order valence-corrected chi connectivity index (χ3v) is 6.65. The maximum atomic E-state index is 12.9. The lowest BCUT2D eigenvalue weighted by Gasteiger charge is -2.47. The minimum Gasteiger partial charge on any atom is -0.356 e. The third kappa shape index (κ3) is 3.04. The summed E-state index contributed by atoms with van der Waals surface area (Å²) in [6.07, 6.45) is 2.43. The minimum atomic E-state index is -0.505. The molecule has 3 amide bonds. The van der Waals surface area contributed by atoms with E-state index in [0.29, 0.717) is 6.54 Å². The highest BCUT2D eigenvalue weighted by molar-refractivity contribution is 6.04. The first-order valence-corrected chi connectivity index (χ1v) is 9.44. The zero-order valence-electron chi connectivity index (χ0n) is 15.9. The summed E-state index contributed by atoms with van der Waals surface area (Å²) in [5.41, 5.74) is 0.353. The van der Waals surface area contributed by atoms with Gasteiger partial charge < -0.3 is 5.32 Å². The second-order valence-corrected chi connectivity index (χ2v) is 8.28. The standard InChI is InChI=1S/C21H28N2O3/c1-20(2)16-9-12-21(20,3)19(26)23(18(16)25)14-11-17(24)22-13-10-15-7-5-4-6-8-15/h4-8,16H,9-14H2,1-3H3,(H,22,24). The van der Waals surface area contributed by atoms with E-state index in [1.165, 1.54) is 10.5 Å². The number of rotatable bonds is 6. The summed E-state index contributed by atoms with van der Waals surface area (Å²) in [4.78, 5) is 39.1. The molecule has 2 unspecified atom stereocenters. The molecule has 26 heavy (non-hydrogen) atoms. The summed E-state index contributed by atoms with van der Waals surface area (Å²) in [7, 11) is 0. The first kappa shape index (κ1) is 18.6. The Morgan fingerprint density at radius 2 is 1.88 bits per heavy atom. The maximum Gasteiger partial charge on any atom is 0.235 e. The van der Waals surface area contributed by atoms with Gasteiger partial charge in [-0.15, -0.1) is 0 Å². The molecule has 5 nitrogen and oxygen atoms in total. The van der Waals surface area contributed by atoms with Gasteiger partial charge in [0, 0.05) is 25.4 Å². The number of carbonyl (C=O) groups excluding carboxylic acids is 3. The molecule has 2 aliphatic rings. The van der Waals surface area contributed by atoms with Crippen LogP contribution in [0.3, 0.4) is 0 Å². The van der Waals surface area contributed by atoms with E-state index in [2.05, 4.69) is 5.32 Å². The Bertz CT molecular complexity index is 713. The first-order valence-electron chi connectivity index (χ1n) is 9.44. The maximum absolute atomic E-state index is 12.9. The quantitative estimate of drug-likeness (QED) is 0.797. The molecule has 140 valence electrons. The molecule has 1 aliphatic heterocycles. The van der Waals surface area contributed by atoms with Gasteiger partial charge in [0.25, 0.3) is 0 Å². The molecule has 0 aromatic heterocycles. The van der Waals surface area contributed by atoms with E-state index in [4.69, 9.17) is 0 Å². The van der Waals surface area contributed by atoms with E-state index in [1.54, 1.807) is 0 Å². The molecule has 3 rings (SSSR count). The topological polar surface area (TPSA) is 66.5 Å². The molecule has 1 N–H and O–H groups in total. The number of imide groups is 1. The van der Waals surface area contributed by atoms with Gasteiger partial charge in [-0.05, 0) is 30.2 Å². The third-order valence-electron chi connectivity index (χ3n) is 6.65. The summed E-state index contributed by atoms with van der Waals surface area (Å²) in [6.45, 7) is 6.74. The predicted octanol–water partition coefficient (Wildman–Crippen LogP) is 2.55. The normalized spacial score (nSPS) is 26.9. The van der Waals surface area contributed by atoms with Crippen LogP contribution >= 0.6 is 0 Å². The van der Waals surface area contributed by atoms with Gasteiger partial charge in [-0.1, -0.05) is 51.1 Å². The summed E-state index contributed by atoms with van der Waals surface area (Å²) in [6, 6.07) is 9.96. The lowest BCUT2D eigenvalue weighted by Crippen LogP contribution is -2.59. The van der Waals surface area contributed by atoms with Gasteiger partial charge in [0.1, 0.15) is 0 Å². The highest BCUT2D eigenvalue weighted by Crippen LogP contribution is 2.59. The van der Waals surface area contributed by atoms with Crippen molar-refractivity contribution in [3.8, 4) is 0 Å². The van der Waals surface area contributed by atoms with Gasteiger partial charge in [0.05, 0.1) is 5.41 Å². The van der Waals surface area contributed by atoms with Crippen molar-refractivity contribution in [3.63, 3.8) is 0 Å². The molecule has 1 saturated heterocycles. The van der Waals surface area contributed by atoms with Crippen LogP contribution in [-0.2, 0) is 20.8 Å². The van der Waals surface area contributed by atoms with Crippen LogP contribution in [0.15, 0.2) is 30.3 Å². The summed E-state index contributed by atoms with van der Waals surface area (Å²) in [5, 5.41) is 2.88. The molecule has 1 aliphatic carbocycles. The van der Waals surface area contributed by atoms with Crippen LogP contribution in [0.2, 0.25) is 0 Å². The van der Waals surface area contributed by atoms with Crippen molar-refractivity contribution in [2.75, 3.05) is 13.1 Å². The SMILES string of the molecule is CC12CCC(C(=O)N(CCC(=O)NCCc3ccccc3)C1=O)C2(C)C. The average molecular weight is 356 g/mol. The van der Waals surface area contributed by atoms with E-state index in [-0.39, 0.29) is 42.0 Å². The number of piperidine rings is 1. The van der Waals surface area contributed by atoms with E-state index in [1.807, 2.05) is 51.1 Å². The van der Waals surface area contributed by atoms with E-state index >= 15 is 0 Å². The summed E-state index contributed by atoms with van der Waals surface area (Å²) >= 11 is 0. The van der Waals surface area contributed by atoms with E-state index in [0.717, 1.165) is 19.3 Å². The van der Waals surface area contributed by atoms with Crippen LogP contribution in [0.5, 0.6) is 0 Å². The van der Waals surface area contributed by atoms with Gasteiger partial charge in [-0.25, -0.2) is 0 Å². The second kappa shape index (κ2) is 6.86. The molecular weight excluding hydrogens is 328 g/mol. The summed E-state index contributed by atoms with van der Waals surface area (Å²) in [5.74, 6) is -0.458. The average Bonchev–Trinajstić information content (AvgIpc) is 2.79. The van der Waals surface area contributed by atoms with Crippen LogP contribution in [0.25, 0.3) is 0 Å². The number of nitrogens with one attached hydrogen (secondary N) is 1. The number of nitrogens with zero attached hydrogens (tertiary/aromatic N) is 1. The van der Waals surface area contributed by atoms with Crippen molar-refractivity contribution in [3.05, 3.63) is 35.9 Å². The van der Waals surface area contributed by atoms with Crippen molar-refractivity contribution < 1.29 is 14.4 Å². The number of hydrogen-bond donors (Lipinski definition) is 1. The van der Waals surface area contributed by atoms with E-state index in [9.17, 15) is 14.4 Å². The van der Waals surface area contributed by atoms with E-state index < -0.39 is 5.41 Å². The monoisotopic (exact) mass is 356 g/mol. The molecule has 2 bridgehead atoms. The minimum absolute atomic E-state index is 0.105. The summed E-state index contributed by atoms with van der Waals surface area (Å²) < 4.78 is 0. The number of benzene rings is 1. The van der Waals surface area contributed by atoms with Gasteiger partial charge >= 0.3 is 0 Å². The largest absolute Gasteiger partial charge is 0.356 e. The molecule has 1 aromatic carbocycles. The lowest BCUT2D eigenvalue weighted by molar-refractivity contribution is -0.167. The van der Waals surface area contributed by atoms with Gasteiger partial charge in [0.2, 0.25) is 17.7 Å². The Balaban J connectivity index is 1.52. The molecule has 2 atom stereocenters. The Morgan fingerprint density at radius 1 is 1.19 bits per heavy atom. The lowest BCUT2D eigenvalue weighted by atomic mass is 9.62. The van der Waals surface area contributed by atoms with Crippen molar-refractivity contribution in [1.82, 2.24) is 10.2 Å². The van der Waals surface area contributed by atoms with Crippen molar-refractivity contribution in [2.45, 2.75) is 46.5 Å². The second-order valence-electron chi connectivity index (χ2n) is 8.28. The Labute approximate surface area is 155 Å². The fourth-order valence-electron chi connectivity index (χ4n) is 4.41. The Kier molecular flexibility index (Phi) is 4.91. The highest BCUT2D eigenvalue weighted by atomic mass is 16.2. The highest BCUT2D eigenvalue weighted by Gasteiger charge is 2.64. The molecule has 2 fully saturated rings. The number of amides is 3. The van der Waals surface area contributed by atoms with Gasteiger partial charge in [-0.3, -0.25) is 19.3 Å². The first-order chi connectivity index (χ1) is 12.3. The molecule has 1 saturated carbocycles. The number of carbonyl (C=O) groups is 3. The van der Waals surface area contributed by atoms with Crippen LogP contribution in [0, 0.1) is 16.7 Å². The Morgan fingerprint density at radius 3 is 2.58 bits per heavy atom. The smallest absolute Gasteiger partial charge is 0.235 e. The number of fused-ring (bicyclic) bond motifs is 2. The molecular formula is C21H28N2O3. The zero-order valence-corrected chi connectivity index (χ0v) is 15.9. The zero-order chi connectivity index (χ0) is 18.9. The van der Waals surface area contributed by atoms with Crippen LogP contribution in [-0.4, -0.2) is 35.7 Å². The van der Waals surface area contributed by atoms with Crippen molar-refractivity contribution in [2.24, 2.45) is 16.7 Å². The fourth-order valence-corrected chi connectivity index (χ4v) is 4.41. The molecule has 0 spiro atoms. The predicted molar refractivity (Wildman–Crippen MR) is 99.1 cm³/mol. The number of likely N-dealkylation sites (tertiary alicyclic amines) is 1. The van der Waals surface area contributed by atoms with Gasteiger partial charge in [-0.2, -0.15) is 0 Å². The molecule has 1 aromatic rings. The number of hydrogen-bond acceptors (Lipinski definition) is 3. The van der Waals surface area contributed by atoms with Crippen molar-refractivity contribution >= 4 is 17.7 Å². The van der Waals surface area contributed by atoms with Crippen molar-refractivity contribution in [1.29, 1.82) is 0 Å². The molecule has 1 heterocycles.